The Kier molecular flexibility index (Phi) is 4.25. The van der Waals surface area contributed by atoms with E-state index in [9.17, 15) is 9.59 Å². The van der Waals surface area contributed by atoms with Gasteiger partial charge in [-0.25, -0.2) is 4.98 Å². The molecular weight excluding hydrogens is 282 g/mol. The van der Waals surface area contributed by atoms with E-state index in [2.05, 4.69) is 15.4 Å². The first-order valence-corrected chi connectivity index (χ1v) is 6.81. The molecule has 116 valence electrons. The molecule has 2 rings (SSSR count). The molecule has 22 heavy (non-hydrogen) atoms. The summed E-state index contributed by atoms with van der Waals surface area (Å²) < 4.78 is 1.59. The Morgan fingerprint density at radius 2 is 1.95 bits per heavy atom. The minimum Gasteiger partial charge on any atom is -0.361 e. The predicted molar refractivity (Wildman–Crippen MR) is 84.2 cm³/mol. The molecule has 0 aliphatic carbocycles. The van der Waals surface area contributed by atoms with Gasteiger partial charge in [-0.1, -0.05) is 0 Å². The lowest BCUT2D eigenvalue weighted by atomic mass is 10.1. The predicted octanol–water partition coefficient (Wildman–Crippen LogP) is 1.32. The zero-order valence-electron chi connectivity index (χ0n) is 13.3. The van der Waals surface area contributed by atoms with Gasteiger partial charge in [0, 0.05) is 33.0 Å². The smallest absolute Gasteiger partial charge is 0.297 e. The maximum Gasteiger partial charge on any atom is 0.297 e. The lowest BCUT2D eigenvalue weighted by Crippen LogP contribution is -2.25. The summed E-state index contributed by atoms with van der Waals surface area (Å²) in [7, 11) is 5.37. The summed E-state index contributed by atoms with van der Waals surface area (Å²) in [5.74, 6) is -0.713. The molecular formula is C15H19N5O2. The number of amides is 1. The average molecular weight is 301 g/mol. The monoisotopic (exact) mass is 301 g/mol. The summed E-state index contributed by atoms with van der Waals surface area (Å²) in [4.78, 5) is 30.6. The van der Waals surface area contributed by atoms with Crippen molar-refractivity contribution in [1.29, 1.82) is 0 Å². The fraction of sp³-hybridized carbons (Fsp3) is 0.333. The van der Waals surface area contributed by atoms with Crippen molar-refractivity contribution in [3.63, 3.8) is 0 Å². The number of aromatic nitrogens is 3. The van der Waals surface area contributed by atoms with Crippen LogP contribution in [-0.2, 0) is 11.8 Å². The van der Waals surface area contributed by atoms with Crippen molar-refractivity contribution in [2.24, 2.45) is 7.05 Å². The number of hydrogen-bond donors (Lipinski definition) is 1. The van der Waals surface area contributed by atoms with Crippen molar-refractivity contribution in [3.8, 4) is 0 Å². The molecule has 2 heterocycles. The van der Waals surface area contributed by atoms with Gasteiger partial charge in [0.2, 0.25) is 0 Å². The lowest BCUT2D eigenvalue weighted by molar-refractivity contribution is -0.112. The topological polar surface area (TPSA) is 80.1 Å². The standard InChI is InChI=1S/C15H19N5O2/c1-9-12(10(2)20(5)18-9)13(21)15(22)17-11-7-6-8-16-14(11)19(3)4/h6-8H,1-5H3,(H,17,22). The molecule has 0 aromatic carbocycles. The van der Waals surface area contributed by atoms with E-state index >= 15 is 0 Å². The molecule has 1 amide bonds. The highest BCUT2D eigenvalue weighted by Crippen LogP contribution is 2.21. The van der Waals surface area contributed by atoms with E-state index in [1.165, 1.54) is 0 Å². The number of hydrogen-bond acceptors (Lipinski definition) is 5. The molecule has 0 saturated carbocycles. The van der Waals surface area contributed by atoms with Gasteiger partial charge in [0.05, 0.1) is 16.9 Å². The summed E-state index contributed by atoms with van der Waals surface area (Å²) in [6.07, 6.45) is 1.63. The molecule has 0 fully saturated rings. The number of anilines is 2. The third-order valence-electron chi connectivity index (χ3n) is 3.40. The molecule has 0 radical (unpaired) electrons. The Bertz CT molecular complexity index is 734. The number of rotatable bonds is 4. The van der Waals surface area contributed by atoms with E-state index in [1.807, 2.05) is 14.1 Å². The van der Waals surface area contributed by atoms with Crippen LogP contribution in [0.1, 0.15) is 21.7 Å². The second kappa shape index (κ2) is 5.97. The van der Waals surface area contributed by atoms with E-state index in [1.54, 1.807) is 48.8 Å². The number of carbonyl (C=O) groups is 2. The van der Waals surface area contributed by atoms with Gasteiger partial charge in [-0.15, -0.1) is 0 Å². The molecule has 0 atom stereocenters. The summed E-state index contributed by atoms with van der Waals surface area (Å²) in [5, 5.41) is 6.79. The molecule has 0 bridgehead atoms. The van der Waals surface area contributed by atoms with Crippen LogP contribution in [-0.4, -0.2) is 40.6 Å². The zero-order valence-corrected chi connectivity index (χ0v) is 13.3. The molecule has 0 aliphatic rings. The van der Waals surface area contributed by atoms with Gasteiger partial charge in [0.25, 0.3) is 11.7 Å². The molecule has 2 aromatic rings. The molecule has 0 unspecified atom stereocenters. The molecule has 0 saturated heterocycles. The van der Waals surface area contributed by atoms with E-state index in [-0.39, 0.29) is 0 Å². The highest BCUT2D eigenvalue weighted by Gasteiger charge is 2.24. The number of Topliss-reactive ketones (excluding diaryl/α,β-unsaturated/α-hetero) is 1. The molecule has 7 heteroatoms. The number of aryl methyl sites for hydroxylation is 2. The van der Waals surface area contributed by atoms with Crippen LogP contribution in [0.3, 0.4) is 0 Å². The first-order chi connectivity index (χ1) is 10.3. The Morgan fingerprint density at radius 3 is 2.50 bits per heavy atom. The largest absolute Gasteiger partial charge is 0.361 e. The van der Waals surface area contributed by atoms with Gasteiger partial charge in [-0.05, 0) is 26.0 Å². The number of ketones is 1. The van der Waals surface area contributed by atoms with Gasteiger partial charge < -0.3 is 10.2 Å². The normalized spacial score (nSPS) is 10.4. The Balaban J connectivity index is 2.28. The molecule has 7 nitrogen and oxygen atoms in total. The minimum atomic E-state index is -0.699. The zero-order chi connectivity index (χ0) is 16.4. The Morgan fingerprint density at radius 1 is 1.27 bits per heavy atom. The fourth-order valence-corrected chi connectivity index (χ4v) is 2.25. The van der Waals surface area contributed by atoms with Crippen LogP contribution in [0, 0.1) is 13.8 Å². The van der Waals surface area contributed by atoms with Crippen LogP contribution in [0.4, 0.5) is 11.5 Å². The van der Waals surface area contributed by atoms with Gasteiger partial charge in [0.1, 0.15) is 0 Å². The third kappa shape index (κ3) is 2.83. The first kappa shape index (κ1) is 15.7. The number of pyridine rings is 1. The first-order valence-electron chi connectivity index (χ1n) is 6.81. The van der Waals surface area contributed by atoms with E-state index in [0.29, 0.717) is 28.5 Å². The highest BCUT2D eigenvalue weighted by molar-refractivity contribution is 6.47. The van der Waals surface area contributed by atoms with Crippen molar-refractivity contribution in [1.82, 2.24) is 14.8 Å². The summed E-state index contributed by atoms with van der Waals surface area (Å²) in [6.45, 7) is 3.47. The molecule has 0 aliphatic heterocycles. The highest BCUT2D eigenvalue weighted by atomic mass is 16.2. The number of nitrogens with zero attached hydrogens (tertiary/aromatic N) is 4. The number of carbonyl (C=O) groups excluding carboxylic acids is 2. The lowest BCUT2D eigenvalue weighted by Gasteiger charge is -2.15. The van der Waals surface area contributed by atoms with Gasteiger partial charge in [-0.3, -0.25) is 14.3 Å². The van der Waals surface area contributed by atoms with Crippen LogP contribution < -0.4 is 10.2 Å². The molecule has 2 aromatic heterocycles. The van der Waals surface area contributed by atoms with Gasteiger partial charge in [-0.2, -0.15) is 5.10 Å². The van der Waals surface area contributed by atoms with E-state index < -0.39 is 11.7 Å². The van der Waals surface area contributed by atoms with Crippen LogP contribution in [0.5, 0.6) is 0 Å². The van der Waals surface area contributed by atoms with Gasteiger partial charge in [0.15, 0.2) is 5.82 Å². The second-order valence-electron chi connectivity index (χ2n) is 5.22. The molecule has 0 spiro atoms. The van der Waals surface area contributed by atoms with Crippen LogP contribution in [0.15, 0.2) is 18.3 Å². The average Bonchev–Trinajstić information content (AvgIpc) is 2.71. The SMILES string of the molecule is Cc1nn(C)c(C)c1C(=O)C(=O)Nc1cccnc1N(C)C. The van der Waals surface area contributed by atoms with Crippen LogP contribution in [0.25, 0.3) is 0 Å². The van der Waals surface area contributed by atoms with Crippen molar-refractivity contribution >= 4 is 23.2 Å². The Hall–Kier alpha value is -2.70. The van der Waals surface area contributed by atoms with Crippen molar-refractivity contribution in [3.05, 3.63) is 35.3 Å². The summed E-state index contributed by atoms with van der Waals surface area (Å²) in [6, 6.07) is 3.41. The second-order valence-corrected chi connectivity index (χ2v) is 5.22. The maximum absolute atomic E-state index is 12.4. The van der Waals surface area contributed by atoms with E-state index in [4.69, 9.17) is 0 Å². The van der Waals surface area contributed by atoms with E-state index in [0.717, 1.165) is 0 Å². The van der Waals surface area contributed by atoms with Crippen LogP contribution in [0.2, 0.25) is 0 Å². The third-order valence-corrected chi connectivity index (χ3v) is 3.40. The summed E-state index contributed by atoms with van der Waals surface area (Å²) in [5.41, 5.74) is 2.04. The fourth-order valence-electron chi connectivity index (χ4n) is 2.25. The Labute approximate surface area is 129 Å². The maximum atomic E-state index is 12.4. The van der Waals surface area contributed by atoms with Crippen molar-refractivity contribution in [2.75, 3.05) is 24.3 Å². The molecule has 1 N–H and O–H groups in total. The summed E-state index contributed by atoms with van der Waals surface area (Å²) >= 11 is 0. The van der Waals surface area contributed by atoms with Gasteiger partial charge >= 0.3 is 0 Å². The quantitative estimate of drug-likeness (QED) is 0.680. The number of nitrogens with one attached hydrogen (secondary N) is 1. The minimum absolute atomic E-state index is 0.343. The van der Waals surface area contributed by atoms with Crippen LogP contribution >= 0.6 is 0 Å². The van der Waals surface area contributed by atoms with Crippen molar-refractivity contribution in [2.45, 2.75) is 13.8 Å². The van der Waals surface area contributed by atoms with Crippen molar-refractivity contribution < 1.29 is 9.59 Å².